The summed E-state index contributed by atoms with van der Waals surface area (Å²) in [5, 5.41) is 1.77. The molecule has 1 N–H and O–H groups in total. The molecule has 0 fully saturated rings. The van der Waals surface area contributed by atoms with Crippen LogP contribution in [0.15, 0.2) is 59.3 Å². The summed E-state index contributed by atoms with van der Waals surface area (Å²) in [5.41, 5.74) is 2.52. The Kier molecular flexibility index (Phi) is 2.67. The van der Waals surface area contributed by atoms with Crippen LogP contribution in [0.1, 0.15) is 5.56 Å². The van der Waals surface area contributed by atoms with Crippen LogP contribution in [0.3, 0.4) is 0 Å². The smallest absolute Gasteiger partial charge is 0.134 e. The second-order valence-electron chi connectivity index (χ2n) is 4.89. The van der Waals surface area contributed by atoms with Gasteiger partial charge in [0.15, 0.2) is 0 Å². The molecular weight excluding hydrogens is 269 g/mol. The lowest BCUT2D eigenvalue weighted by Gasteiger charge is -2.06. The quantitative estimate of drug-likeness (QED) is 0.594. The van der Waals surface area contributed by atoms with Crippen LogP contribution in [-0.2, 0) is 6.61 Å². The van der Waals surface area contributed by atoms with Gasteiger partial charge >= 0.3 is 0 Å². The third kappa shape index (κ3) is 2.05. The Labute approximate surface area is 119 Å². The standard InChI is InChI=1S/C17H12FNO2/c18-12-4-5-17-14(8-12)11(10-21-17)9-20-16-3-1-2-15-13(16)6-7-19-15/h1-8,10,19H,9H2. The van der Waals surface area contributed by atoms with Crippen molar-refractivity contribution >= 4 is 21.9 Å². The molecule has 0 amide bonds. The van der Waals surface area contributed by atoms with Gasteiger partial charge in [0.2, 0.25) is 0 Å². The zero-order chi connectivity index (χ0) is 14.2. The molecule has 0 atom stereocenters. The number of furan rings is 1. The maximum absolute atomic E-state index is 13.3. The highest BCUT2D eigenvalue weighted by Gasteiger charge is 2.09. The lowest BCUT2D eigenvalue weighted by atomic mass is 10.2. The van der Waals surface area contributed by atoms with E-state index in [1.807, 2.05) is 30.5 Å². The molecule has 0 bridgehead atoms. The molecule has 0 aliphatic carbocycles. The highest BCUT2D eigenvalue weighted by atomic mass is 19.1. The Bertz CT molecular complexity index is 923. The Hall–Kier alpha value is -2.75. The van der Waals surface area contributed by atoms with E-state index in [9.17, 15) is 4.39 Å². The first-order valence-corrected chi connectivity index (χ1v) is 6.66. The van der Waals surface area contributed by atoms with Crippen LogP contribution in [0.5, 0.6) is 5.75 Å². The number of H-pyrrole nitrogens is 1. The van der Waals surface area contributed by atoms with Crippen LogP contribution in [0, 0.1) is 5.82 Å². The fraction of sp³-hybridized carbons (Fsp3) is 0.0588. The predicted octanol–water partition coefficient (Wildman–Crippen LogP) is 4.63. The highest BCUT2D eigenvalue weighted by Crippen LogP contribution is 2.27. The van der Waals surface area contributed by atoms with E-state index in [-0.39, 0.29) is 5.82 Å². The average Bonchev–Trinajstić information content (AvgIpc) is 3.11. The van der Waals surface area contributed by atoms with Gasteiger partial charge < -0.3 is 14.1 Å². The molecule has 2 aromatic carbocycles. The van der Waals surface area contributed by atoms with E-state index in [1.165, 1.54) is 12.1 Å². The summed E-state index contributed by atoms with van der Waals surface area (Å²) in [6.45, 7) is 0.334. The van der Waals surface area contributed by atoms with Crippen molar-refractivity contribution in [2.24, 2.45) is 0 Å². The first-order valence-electron chi connectivity index (χ1n) is 6.66. The molecule has 0 saturated carbocycles. The van der Waals surface area contributed by atoms with Crippen molar-refractivity contribution in [1.29, 1.82) is 0 Å². The molecule has 2 heterocycles. The summed E-state index contributed by atoms with van der Waals surface area (Å²) < 4.78 is 24.6. The molecule has 0 radical (unpaired) electrons. The largest absolute Gasteiger partial charge is 0.488 e. The van der Waals surface area contributed by atoms with Crippen LogP contribution in [0.4, 0.5) is 4.39 Å². The Morgan fingerprint density at radius 3 is 3.00 bits per heavy atom. The van der Waals surface area contributed by atoms with Crippen LogP contribution in [0.25, 0.3) is 21.9 Å². The number of fused-ring (bicyclic) bond motifs is 2. The summed E-state index contributed by atoms with van der Waals surface area (Å²) in [5.74, 6) is 0.511. The number of aromatic nitrogens is 1. The number of rotatable bonds is 3. The molecular formula is C17H12FNO2. The summed E-state index contributed by atoms with van der Waals surface area (Å²) in [7, 11) is 0. The molecule has 0 aliphatic heterocycles. The van der Waals surface area contributed by atoms with Crippen molar-refractivity contribution in [1.82, 2.24) is 4.98 Å². The maximum Gasteiger partial charge on any atom is 0.134 e. The number of hydrogen-bond donors (Lipinski definition) is 1. The fourth-order valence-corrected chi connectivity index (χ4v) is 2.50. The molecule has 3 nitrogen and oxygen atoms in total. The number of ether oxygens (including phenoxy) is 1. The van der Waals surface area contributed by atoms with Gasteiger partial charge in [0, 0.05) is 28.0 Å². The molecule has 0 aliphatic rings. The van der Waals surface area contributed by atoms with Gasteiger partial charge in [0.05, 0.1) is 6.26 Å². The Balaban J connectivity index is 1.66. The van der Waals surface area contributed by atoms with Gasteiger partial charge in [-0.3, -0.25) is 0 Å². The zero-order valence-electron chi connectivity index (χ0n) is 11.1. The Morgan fingerprint density at radius 2 is 2.05 bits per heavy atom. The van der Waals surface area contributed by atoms with Crippen LogP contribution < -0.4 is 4.74 Å². The SMILES string of the molecule is Fc1ccc2occ(COc3cccc4[nH]ccc34)c2c1. The first-order chi connectivity index (χ1) is 10.3. The lowest BCUT2D eigenvalue weighted by molar-refractivity contribution is 0.310. The Morgan fingerprint density at radius 1 is 1.10 bits per heavy atom. The van der Waals surface area contributed by atoms with Gasteiger partial charge in [-0.2, -0.15) is 0 Å². The van der Waals surface area contributed by atoms with E-state index in [0.717, 1.165) is 27.6 Å². The van der Waals surface area contributed by atoms with Crippen LogP contribution in [0.2, 0.25) is 0 Å². The van der Waals surface area contributed by atoms with Gasteiger partial charge in [-0.15, -0.1) is 0 Å². The molecule has 0 saturated heterocycles. The minimum atomic E-state index is -0.280. The molecule has 0 unspecified atom stereocenters. The first kappa shape index (κ1) is 12.0. The third-order valence-electron chi connectivity index (χ3n) is 3.55. The summed E-state index contributed by atoms with van der Waals surface area (Å²) in [6, 6.07) is 12.3. The molecule has 0 spiro atoms. The number of aromatic amines is 1. The van der Waals surface area contributed by atoms with Crippen molar-refractivity contribution < 1.29 is 13.5 Å². The van der Waals surface area contributed by atoms with Crippen LogP contribution >= 0.6 is 0 Å². The predicted molar refractivity (Wildman–Crippen MR) is 78.8 cm³/mol. The fourth-order valence-electron chi connectivity index (χ4n) is 2.50. The monoisotopic (exact) mass is 281 g/mol. The third-order valence-corrected chi connectivity index (χ3v) is 3.55. The second kappa shape index (κ2) is 4.66. The van der Waals surface area contributed by atoms with Gasteiger partial charge in [0.25, 0.3) is 0 Å². The van der Waals surface area contributed by atoms with Gasteiger partial charge in [-0.05, 0) is 36.4 Å². The van der Waals surface area contributed by atoms with Gasteiger partial charge in [0.1, 0.15) is 23.8 Å². The van der Waals surface area contributed by atoms with Crippen molar-refractivity contribution in [2.75, 3.05) is 0 Å². The maximum atomic E-state index is 13.3. The molecule has 4 heteroatoms. The number of hydrogen-bond acceptors (Lipinski definition) is 2. The zero-order valence-corrected chi connectivity index (χ0v) is 11.1. The second-order valence-corrected chi connectivity index (χ2v) is 4.89. The lowest BCUT2D eigenvalue weighted by Crippen LogP contribution is -1.94. The molecule has 4 rings (SSSR count). The summed E-state index contributed by atoms with van der Waals surface area (Å²) in [6.07, 6.45) is 3.49. The van der Waals surface area contributed by atoms with E-state index in [0.29, 0.717) is 12.2 Å². The van der Waals surface area contributed by atoms with Crippen molar-refractivity contribution in [2.45, 2.75) is 6.61 Å². The van der Waals surface area contributed by atoms with E-state index in [1.54, 1.807) is 12.3 Å². The van der Waals surface area contributed by atoms with E-state index in [2.05, 4.69) is 4.98 Å². The number of benzene rings is 2. The highest BCUT2D eigenvalue weighted by molar-refractivity contribution is 5.86. The topological polar surface area (TPSA) is 38.2 Å². The van der Waals surface area contributed by atoms with Crippen LogP contribution in [-0.4, -0.2) is 4.98 Å². The minimum absolute atomic E-state index is 0.280. The van der Waals surface area contributed by atoms with Crippen molar-refractivity contribution in [3.05, 3.63) is 66.3 Å². The molecule has 2 aromatic heterocycles. The number of nitrogens with one attached hydrogen (secondary N) is 1. The average molecular weight is 281 g/mol. The molecule has 4 aromatic rings. The molecule has 104 valence electrons. The summed E-state index contributed by atoms with van der Waals surface area (Å²) >= 11 is 0. The summed E-state index contributed by atoms with van der Waals surface area (Å²) in [4.78, 5) is 3.14. The van der Waals surface area contributed by atoms with Crippen molar-refractivity contribution in [3.63, 3.8) is 0 Å². The molecule has 21 heavy (non-hydrogen) atoms. The van der Waals surface area contributed by atoms with E-state index >= 15 is 0 Å². The van der Waals surface area contributed by atoms with Gasteiger partial charge in [-0.25, -0.2) is 4.39 Å². The van der Waals surface area contributed by atoms with Gasteiger partial charge in [-0.1, -0.05) is 6.07 Å². The normalized spacial score (nSPS) is 11.3. The number of halogens is 1. The van der Waals surface area contributed by atoms with E-state index < -0.39 is 0 Å². The van der Waals surface area contributed by atoms with Crippen molar-refractivity contribution in [3.8, 4) is 5.75 Å². The van der Waals surface area contributed by atoms with E-state index in [4.69, 9.17) is 9.15 Å². The minimum Gasteiger partial charge on any atom is -0.488 e.